The lowest BCUT2D eigenvalue weighted by Gasteiger charge is -2.39. The Balaban J connectivity index is 0.800. The molecule has 62 heavy (non-hydrogen) atoms. The summed E-state index contributed by atoms with van der Waals surface area (Å²) in [4.78, 5) is 35.6. The maximum Gasteiger partial charge on any atom is 0.251 e. The van der Waals surface area contributed by atoms with Gasteiger partial charge in [0.25, 0.3) is 11.8 Å². The van der Waals surface area contributed by atoms with E-state index in [-0.39, 0.29) is 22.6 Å². The van der Waals surface area contributed by atoms with Crippen molar-refractivity contribution in [3.05, 3.63) is 130 Å². The summed E-state index contributed by atoms with van der Waals surface area (Å²) in [5.41, 5.74) is 8.26. The standard InChI is InChI=1S/C50H60N6O4S2/c1-47(2)41-33-37(13-19-43(41)55-27-29-59-49(47,55)23-21-35-9-15-39(16-10-35)53(5)6)45(57)51-25-31-61-62-32-26-52-46(58)38-14-20-44-42(34-38)48(3,4)50(56(44)28-30-60-50)24-22-36-11-17-40(18-12-36)54(7)8/h9-24,33-34H,25-32H2,1-8H3,(H,51,57)(H,52,58)/b23-21+,24-22+. The number of fused-ring (bicyclic) bond motifs is 6. The quantitative estimate of drug-likeness (QED) is 0.0897. The van der Waals surface area contributed by atoms with E-state index in [2.05, 4.69) is 143 Å². The normalized spacial score (nSPS) is 21.5. The van der Waals surface area contributed by atoms with Gasteiger partial charge in [0.05, 0.1) is 13.2 Å². The fourth-order valence-corrected chi connectivity index (χ4v) is 11.3. The van der Waals surface area contributed by atoms with Crippen molar-refractivity contribution in [2.45, 2.75) is 50.0 Å². The number of anilines is 4. The second kappa shape index (κ2) is 17.4. The fourth-order valence-electron chi connectivity index (χ4n) is 9.53. The average molecular weight is 873 g/mol. The topological polar surface area (TPSA) is 89.6 Å². The Hall–Kier alpha value is -4.88. The fraction of sp³-hybridized carbons (Fsp3) is 0.400. The van der Waals surface area contributed by atoms with Crippen LogP contribution in [0, 0.1) is 0 Å². The van der Waals surface area contributed by atoms with Gasteiger partial charge in [-0.05, 0) is 95.1 Å². The van der Waals surface area contributed by atoms with Crippen LogP contribution in [0.3, 0.4) is 0 Å². The molecule has 8 rings (SSSR count). The van der Waals surface area contributed by atoms with Crippen molar-refractivity contribution in [3.8, 4) is 0 Å². The predicted octanol–water partition coefficient (Wildman–Crippen LogP) is 8.43. The van der Waals surface area contributed by atoms with E-state index in [4.69, 9.17) is 9.47 Å². The van der Waals surface area contributed by atoms with Crippen LogP contribution >= 0.6 is 21.6 Å². The molecule has 2 N–H and O–H groups in total. The molecule has 4 aromatic carbocycles. The number of amides is 2. The largest absolute Gasteiger partial charge is 0.378 e. The number of nitrogens with one attached hydrogen (secondary N) is 2. The van der Waals surface area contributed by atoms with Gasteiger partial charge in [0.15, 0.2) is 11.4 Å². The van der Waals surface area contributed by atoms with Gasteiger partial charge in [-0.15, -0.1) is 0 Å². The molecule has 10 nitrogen and oxygen atoms in total. The zero-order valence-corrected chi connectivity index (χ0v) is 38.9. The van der Waals surface area contributed by atoms with Crippen LogP contribution in [-0.4, -0.2) is 102 Å². The maximum atomic E-state index is 13.4. The number of carbonyl (C=O) groups excluding carboxylic acids is 2. The van der Waals surface area contributed by atoms with E-state index in [1.165, 1.54) is 0 Å². The molecule has 0 radical (unpaired) electrons. The van der Waals surface area contributed by atoms with E-state index in [1.807, 2.05) is 52.5 Å². The summed E-state index contributed by atoms with van der Waals surface area (Å²) in [7, 11) is 11.6. The molecule has 2 fully saturated rings. The SMILES string of the molecule is CN(C)c1ccc(/C=C/C23OCCN2c2ccc(C(=O)NCCSSCCNC(=O)c4ccc5c(c4)C(C)(C)C4(/C=C/c6ccc(N(C)C)cc6)OCCN54)cc2C3(C)C)cc1. The lowest BCUT2D eigenvalue weighted by Crippen LogP contribution is -2.51. The molecule has 4 aliphatic rings. The van der Waals surface area contributed by atoms with Crippen LogP contribution in [0.4, 0.5) is 22.7 Å². The van der Waals surface area contributed by atoms with E-state index < -0.39 is 11.4 Å². The Labute approximate surface area is 375 Å². The number of hydrogen-bond acceptors (Lipinski definition) is 10. The monoisotopic (exact) mass is 872 g/mol. The Kier molecular flexibility index (Phi) is 12.2. The number of carbonyl (C=O) groups is 2. The third kappa shape index (κ3) is 7.77. The molecule has 2 atom stereocenters. The minimum Gasteiger partial charge on any atom is -0.378 e. The van der Waals surface area contributed by atoms with Crippen LogP contribution in [0.1, 0.15) is 70.7 Å². The first-order valence-electron chi connectivity index (χ1n) is 21.5. The van der Waals surface area contributed by atoms with Crippen LogP contribution < -0.4 is 30.2 Å². The number of nitrogens with zero attached hydrogens (tertiary/aromatic N) is 4. The molecule has 4 aromatic rings. The van der Waals surface area contributed by atoms with E-state index in [0.29, 0.717) is 37.4 Å². The molecule has 4 heterocycles. The van der Waals surface area contributed by atoms with Crippen LogP contribution in [0.15, 0.2) is 97.1 Å². The summed E-state index contributed by atoms with van der Waals surface area (Å²) in [5, 5.41) is 6.22. The van der Waals surface area contributed by atoms with Gasteiger partial charge in [-0.25, -0.2) is 0 Å². The van der Waals surface area contributed by atoms with E-state index in [0.717, 1.165) is 69.6 Å². The minimum absolute atomic E-state index is 0.0821. The molecule has 12 heteroatoms. The molecule has 326 valence electrons. The molecule has 0 aromatic heterocycles. The van der Waals surface area contributed by atoms with Crippen LogP contribution in [0.5, 0.6) is 0 Å². The second-order valence-electron chi connectivity index (χ2n) is 17.9. The van der Waals surface area contributed by atoms with Gasteiger partial charge in [-0.1, -0.05) is 85.7 Å². The third-order valence-electron chi connectivity index (χ3n) is 13.2. The first kappa shape index (κ1) is 43.8. The summed E-state index contributed by atoms with van der Waals surface area (Å²) >= 11 is 0. The zero-order valence-electron chi connectivity index (χ0n) is 37.3. The molecule has 0 aliphatic carbocycles. The molecular weight excluding hydrogens is 813 g/mol. The molecule has 0 bridgehead atoms. The number of rotatable bonds is 15. The molecule has 0 saturated carbocycles. The van der Waals surface area contributed by atoms with Crippen molar-refractivity contribution in [1.82, 2.24) is 10.6 Å². The van der Waals surface area contributed by atoms with Crippen LogP contribution in [0.25, 0.3) is 12.2 Å². The summed E-state index contributed by atoms with van der Waals surface area (Å²) in [6, 6.07) is 29.1. The zero-order chi connectivity index (χ0) is 43.9. The van der Waals surface area contributed by atoms with Crippen molar-refractivity contribution in [2.75, 3.05) is 98.7 Å². The van der Waals surface area contributed by atoms with E-state index >= 15 is 0 Å². The smallest absolute Gasteiger partial charge is 0.251 e. The van der Waals surface area contributed by atoms with Gasteiger partial charge in [-0.2, -0.15) is 0 Å². The molecule has 4 aliphatic heterocycles. The van der Waals surface area contributed by atoms with Crippen LogP contribution in [-0.2, 0) is 20.3 Å². The van der Waals surface area contributed by atoms with Gasteiger partial charge < -0.3 is 39.7 Å². The number of ether oxygens (including phenoxy) is 2. The van der Waals surface area contributed by atoms with Crippen molar-refractivity contribution in [2.24, 2.45) is 0 Å². The average Bonchev–Trinajstić information content (AvgIpc) is 3.99. The first-order chi connectivity index (χ1) is 29.7. The Morgan fingerprint density at radius 3 is 1.37 bits per heavy atom. The van der Waals surface area contributed by atoms with Gasteiger partial charge in [0.2, 0.25) is 0 Å². The molecule has 2 saturated heterocycles. The summed E-state index contributed by atoms with van der Waals surface area (Å²) < 4.78 is 13.1. The molecule has 2 amide bonds. The number of benzene rings is 4. The highest BCUT2D eigenvalue weighted by Crippen LogP contribution is 2.56. The Morgan fingerprint density at radius 2 is 1.00 bits per heavy atom. The lowest BCUT2D eigenvalue weighted by atomic mass is 9.77. The van der Waals surface area contributed by atoms with Crippen molar-refractivity contribution < 1.29 is 19.1 Å². The third-order valence-corrected chi connectivity index (χ3v) is 15.6. The highest BCUT2D eigenvalue weighted by Gasteiger charge is 2.60. The Morgan fingerprint density at radius 1 is 0.613 bits per heavy atom. The van der Waals surface area contributed by atoms with E-state index in [9.17, 15) is 9.59 Å². The van der Waals surface area contributed by atoms with Crippen LogP contribution in [0.2, 0.25) is 0 Å². The summed E-state index contributed by atoms with van der Waals surface area (Å²) in [5.74, 6) is 1.34. The highest BCUT2D eigenvalue weighted by atomic mass is 33.1. The first-order valence-corrected chi connectivity index (χ1v) is 24.0. The van der Waals surface area contributed by atoms with E-state index in [1.54, 1.807) is 21.6 Å². The summed E-state index contributed by atoms with van der Waals surface area (Å²) in [6.45, 7) is 12.8. The second-order valence-corrected chi connectivity index (χ2v) is 20.6. The minimum atomic E-state index is -0.634. The molecule has 0 spiro atoms. The van der Waals surface area contributed by atoms with Gasteiger partial charge in [0.1, 0.15) is 0 Å². The lowest BCUT2D eigenvalue weighted by molar-refractivity contribution is 0.000267. The van der Waals surface area contributed by atoms with Crippen molar-refractivity contribution >= 4 is 68.3 Å². The molecular formula is C50H60N6O4S2. The highest BCUT2D eigenvalue weighted by molar-refractivity contribution is 8.76. The van der Waals surface area contributed by atoms with Gasteiger partial charge in [-0.3, -0.25) is 9.59 Å². The van der Waals surface area contributed by atoms with Gasteiger partial charge in [0, 0.05) is 111 Å². The summed E-state index contributed by atoms with van der Waals surface area (Å²) in [6.07, 6.45) is 8.68. The number of hydrogen-bond donors (Lipinski definition) is 2. The van der Waals surface area contributed by atoms with Gasteiger partial charge >= 0.3 is 0 Å². The van der Waals surface area contributed by atoms with Crippen molar-refractivity contribution in [3.63, 3.8) is 0 Å². The Bertz CT molecular complexity index is 2200. The predicted molar refractivity (Wildman–Crippen MR) is 260 cm³/mol. The molecule has 2 unspecified atom stereocenters. The van der Waals surface area contributed by atoms with Crippen molar-refractivity contribution in [1.29, 1.82) is 0 Å². The maximum absolute atomic E-state index is 13.4.